The van der Waals surface area contributed by atoms with E-state index in [2.05, 4.69) is 20.8 Å². The van der Waals surface area contributed by atoms with Crippen LogP contribution in [0.3, 0.4) is 0 Å². The van der Waals surface area contributed by atoms with Gasteiger partial charge in [0.2, 0.25) is 0 Å². The molecule has 2 fully saturated rings. The van der Waals surface area contributed by atoms with Gasteiger partial charge < -0.3 is 10.6 Å². The molecule has 0 bridgehead atoms. The van der Waals surface area contributed by atoms with Crippen LogP contribution in [0.25, 0.3) is 0 Å². The van der Waals surface area contributed by atoms with Crippen LogP contribution in [0, 0.1) is 0 Å². The van der Waals surface area contributed by atoms with Gasteiger partial charge in [-0.1, -0.05) is 0 Å². The molecule has 3 rings (SSSR count). The minimum absolute atomic E-state index is 0.0428. The highest BCUT2D eigenvalue weighted by Crippen LogP contribution is 2.22. The number of nitrogens with zero attached hydrogens (tertiary/aromatic N) is 1. The van der Waals surface area contributed by atoms with Gasteiger partial charge in [0.1, 0.15) is 5.69 Å². The SMILES string of the molecule is O=C(NC1CC1)c1cc(C2CCCNC2)[nH]n1. The van der Waals surface area contributed by atoms with E-state index in [0.717, 1.165) is 31.6 Å². The Morgan fingerprint density at radius 2 is 2.29 bits per heavy atom. The lowest BCUT2D eigenvalue weighted by atomic mass is 9.96. The third kappa shape index (κ3) is 2.49. The Bertz CT molecular complexity index is 404. The molecule has 1 amide bonds. The van der Waals surface area contributed by atoms with Crippen molar-refractivity contribution in [3.8, 4) is 0 Å². The maximum atomic E-state index is 11.8. The minimum atomic E-state index is -0.0428. The molecular weight excluding hydrogens is 216 g/mol. The Morgan fingerprint density at radius 1 is 1.41 bits per heavy atom. The summed E-state index contributed by atoms with van der Waals surface area (Å²) in [4.78, 5) is 11.8. The monoisotopic (exact) mass is 234 g/mol. The van der Waals surface area contributed by atoms with Gasteiger partial charge >= 0.3 is 0 Å². The van der Waals surface area contributed by atoms with Crippen molar-refractivity contribution in [2.24, 2.45) is 0 Å². The Labute approximate surface area is 100 Å². The molecule has 1 unspecified atom stereocenters. The van der Waals surface area contributed by atoms with Crippen LogP contribution < -0.4 is 10.6 Å². The molecule has 3 N–H and O–H groups in total. The fourth-order valence-corrected chi connectivity index (χ4v) is 2.27. The molecule has 2 heterocycles. The average molecular weight is 234 g/mol. The van der Waals surface area contributed by atoms with Gasteiger partial charge in [0.15, 0.2) is 0 Å². The molecule has 1 aromatic rings. The zero-order valence-electron chi connectivity index (χ0n) is 9.83. The van der Waals surface area contributed by atoms with Crippen molar-refractivity contribution in [1.82, 2.24) is 20.8 Å². The van der Waals surface area contributed by atoms with Crippen LogP contribution in [0.5, 0.6) is 0 Å². The third-order valence-corrected chi connectivity index (χ3v) is 3.48. The molecule has 92 valence electrons. The van der Waals surface area contributed by atoms with Gasteiger partial charge in [-0.2, -0.15) is 5.10 Å². The number of aromatic nitrogens is 2. The standard InChI is InChI=1S/C12H18N4O/c17-12(14-9-3-4-9)11-6-10(15-16-11)8-2-1-5-13-7-8/h6,8-9,13H,1-5,7H2,(H,14,17)(H,15,16). The van der Waals surface area contributed by atoms with Crippen molar-refractivity contribution >= 4 is 5.91 Å². The number of rotatable bonds is 3. The summed E-state index contributed by atoms with van der Waals surface area (Å²) in [7, 11) is 0. The minimum Gasteiger partial charge on any atom is -0.348 e. The lowest BCUT2D eigenvalue weighted by Gasteiger charge is -2.21. The number of aromatic amines is 1. The van der Waals surface area contributed by atoms with Gasteiger partial charge in [0, 0.05) is 24.2 Å². The van der Waals surface area contributed by atoms with Crippen molar-refractivity contribution in [2.45, 2.75) is 37.6 Å². The highest BCUT2D eigenvalue weighted by atomic mass is 16.2. The molecular formula is C12H18N4O. The number of piperidine rings is 1. The van der Waals surface area contributed by atoms with E-state index >= 15 is 0 Å². The predicted octanol–water partition coefficient (Wildman–Crippen LogP) is 0.769. The average Bonchev–Trinajstić information content (AvgIpc) is 3.04. The van der Waals surface area contributed by atoms with E-state index in [1.54, 1.807) is 0 Å². The van der Waals surface area contributed by atoms with E-state index in [1.807, 2.05) is 6.07 Å². The quantitative estimate of drug-likeness (QED) is 0.723. The zero-order valence-corrected chi connectivity index (χ0v) is 9.83. The maximum Gasteiger partial charge on any atom is 0.271 e. The highest BCUT2D eigenvalue weighted by molar-refractivity contribution is 5.92. The van der Waals surface area contributed by atoms with Crippen LogP contribution in [0.1, 0.15) is 47.8 Å². The Kier molecular flexibility index (Phi) is 2.84. The number of hydrogen-bond donors (Lipinski definition) is 3. The van der Waals surface area contributed by atoms with E-state index < -0.39 is 0 Å². The van der Waals surface area contributed by atoms with Crippen LogP contribution in [0.2, 0.25) is 0 Å². The molecule has 17 heavy (non-hydrogen) atoms. The van der Waals surface area contributed by atoms with E-state index in [9.17, 15) is 4.79 Å². The maximum absolute atomic E-state index is 11.8. The van der Waals surface area contributed by atoms with E-state index in [1.165, 1.54) is 12.8 Å². The Morgan fingerprint density at radius 3 is 3.00 bits per heavy atom. The van der Waals surface area contributed by atoms with Crippen LogP contribution in [-0.4, -0.2) is 35.2 Å². The molecule has 1 aliphatic heterocycles. The summed E-state index contributed by atoms with van der Waals surface area (Å²) in [6.07, 6.45) is 4.57. The topological polar surface area (TPSA) is 69.8 Å². The Balaban J connectivity index is 1.65. The summed E-state index contributed by atoms with van der Waals surface area (Å²) in [6, 6.07) is 2.29. The number of carbonyl (C=O) groups excluding carboxylic acids is 1. The van der Waals surface area contributed by atoms with Gasteiger partial charge in [-0.15, -0.1) is 0 Å². The Hall–Kier alpha value is -1.36. The summed E-state index contributed by atoms with van der Waals surface area (Å²) in [6.45, 7) is 2.07. The van der Waals surface area contributed by atoms with Crippen LogP contribution in [0.4, 0.5) is 0 Å². The van der Waals surface area contributed by atoms with Gasteiger partial charge in [0.25, 0.3) is 5.91 Å². The van der Waals surface area contributed by atoms with Crippen LogP contribution in [-0.2, 0) is 0 Å². The second-order valence-electron chi connectivity index (χ2n) is 5.00. The fourth-order valence-electron chi connectivity index (χ4n) is 2.27. The third-order valence-electron chi connectivity index (χ3n) is 3.48. The second kappa shape index (κ2) is 4.49. The number of H-pyrrole nitrogens is 1. The van der Waals surface area contributed by atoms with E-state index in [0.29, 0.717) is 17.7 Å². The lowest BCUT2D eigenvalue weighted by molar-refractivity contribution is 0.0946. The zero-order chi connectivity index (χ0) is 11.7. The van der Waals surface area contributed by atoms with Gasteiger partial charge in [-0.25, -0.2) is 0 Å². The second-order valence-corrected chi connectivity index (χ2v) is 5.00. The smallest absolute Gasteiger partial charge is 0.271 e. The predicted molar refractivity (Wildman–Crippen MR) is 63.9 cm³/mol. The molecule has 0 radical (unpaired) electrons. The molecule has 0 spiro atoms. The first-order chi connectivity index (χ1) is 8.33. The van der Waals surface area contributed by atoms with Gasteiger partial charge in [-0.05, 0) is 38.3 Å². The van der Waals surface area contributed by atoms with Crippen molar-refractivity contribution in [1.29, 1.82) is 0 Å². The molecule has 1 aromatic heterocycles. The van der Waals surface area contributed by atoms with Crippen LogP contribution >= 0.6 is 0 Å². The molecule has 5 nitrogen and oxygen atoms in total. The number of hydrogen-bond acceptors (Lipinski definition) is 3. The van der Waals surface area contributed by atoms with Crippen molar-refractivity contribution in [2.75, 3.05) is 13.1 Å². The molecule has 2 aliphatic rings. The lowest BCUT2D eigenvalue weighted by Crippen LogP contribution is -2.28. The first-order valence-electron chi connectivity index (χ1n) is 6.40. The van der Waals surface area contributed by atoms with Gasteiger partial charge in [0.05, 0.1) is 0 Å². The van der Waals surface area contributed by atoms with E-state index in [-0.39, 0.29) is 5.91 Å². The van der Waals surface area contributed by atoms with Crippen molar-refractivity contribution < 1.29 is 4.79 Å². The molecule has 1 saturated heterocycles. The van der Waals surface area contributed by atoms with E-state index in [4.69, 9.17) is 0 Å². The molecule has 1 aliphatic carbocycles. The number of carbonyl (C=O) groups is 1. The molecule has 1 atom stereocenters. The van der Waals surface area contributed by atoms with Gasteiger partial charge in [-0.3, -0.25) is 9.89 Å². The summed E-state index contributed by atoms with van der Waals surface area (Å²) in [5.74, 6) is 0.428. The number of amides is 1. The summed E-state index contributed by atoms with van der Waals surface area (Å²) >= 11 is 0. The molecule has 0 aromatic carbocycles. The number of nitrogens with one attached hydrogen (secondary N) is 3. The first kappa shape index (κ1) is 10.8. The largest absolute Gasteiger partial charge is 0.348 e. The summed E-state index contributed by atoms with van der Waals surface area (Å²) < 4.78 is 0. The summed E-state index contributed by atoms with van der Waals surface area (Å²) in [5, 5.41) is 13.4. The van der Waals surface area contributed by atoms with Crippen molar-refractivity contribution in [3.63, 3.8) is 0 Å². The van der Waals surface area contributed by atoms with Crippen molar-refractivity contribution in [3.05, 3.63) is 17.5 Å². The van der Waals surface area contributed by atoms with Crippen LogP contribution in [0.15, 0.2) is 6.07 Å². The molecule has 1 saturated carbocycles. The summed E-state index contributed by atoms with van der Waals surface area (Å²) in [5.41, 5.74) is 1.61. The normalized spacial score (nSPS) is 24.6. The fraction of sp³-hybridized carbons (Fsp3) is 0.667. The highest BCUT2D eigenvalue weighted by Gasteiger charge is 2.25. The molecule has 5 heteroatoms. The first-order valence-corrected chi connectivity index (χ1v) is 6.40.